The lowest BCUT2D eigenvalue weighted by molar-refractivity contribution is 0.670. The molecule has 14 aromatic carbocycles. The van der Waals surface area contributed by atoms with E-state index in [1.54, 1.807) is 0 Å². The molecule has 1 heterocycles. The first-order valence-electron chi connectivity index (χ1n) is 26.1. The Hall–Kier alpha value is -10.0. The second-order valence-electron chi connectivity index (χ2n) is 20.0. The molecule has 0 unspecified atom stereocenters. The molecule has 0 spiro atoms. The summed E-state index contributed by atoms with van der Waals surface area (Å²) in [4.78, 5) is 2.36. The molecule has 0 bridgehead atoms. The van der Waals surface area contributed by atoms with Gasteiger partial charge < -0.3 is 9.32 Å². The summed E-state index contributed by atoms with van der Waals surface area (Å²) in [6.45, 7) is 0. The van der Waals surface area contributed by atoms with E-state index in [2.05, 4.69) is 290 Å². The minimum absolute atomic E-state index is 0.838. The summed E-state index contributed by atoms with van der Waals surface area (Å²) < 4.78 is 7.28. The van der Waals surface area contributed by atoms with Crippen molar-refractivity contribution in [2.24, 2.45) is 0 Å². The smallest absolute Gasteiger partial charge is 0.159 e. The van der Waals surface area contributed by atoms with Gasteiger partial charge >= 0.3 is 0 Å². The third kappa shape index (κ3) is 7.50. The van der Waals surface area contributed by atoms with Crippen molar-refractivity contribution in [1.29, 1.82) is 0 Å². The molecule has 2 heteroatoms. The number of hydrogen-bond donors (Lipinski definition) is 0. The van der Waals surface area contributed by atoms with Crippen LogP contribution in [0.1, 0.15) is 0 Å². The van der Waals surface area contributed by atoms with Crippen LogP contribution in [-0.4, -0.2) is 0 Å². The van der Waals surface area contributed by atoms with Crippen LogP contribution in [0.5, 0.6) is 0 Å². The average Bonchev–Trinajstić information content (AvgIpc) is 3.92. The maximum absolute atomic E-state index is 7.28. The predicted molar refractivity (Wildman–Crippen MR) is 323 cm³/mol. The number of rotatable bonds is 8. The van der Waals surface area contributed by atoms with E-state index in [-0.39, 0.29) is 0 Å². The molecular weight excluding hydrogens is 919 g/mol. The van der Waals surface area contributed by atoms with Crippen LogP contribution in [0.15, 0.2) is 290 Å². The third-order valence-electron chi connectivity index (χ3n) is 15.6. The van der Waals surface area contributed by atoms with Crippen LogP contribution in [0.2, 0.25) is 0 Å². The Labute approximate surface area is 440 Å². The molecule has 15 rings (SSSR count). The van der Waals surface area contributed by atoms with Crippen LogP contribution in [-0.2, 0) is 0 Å². The summed E-state index contributed by atoms with van der Waals surface area (Å²) in [6, 6.07) is 104. The van der Waals surface area contributed by atoms with Gasteiger partial charge in [-0.1, -0.05) is 212 Å². The number of fused-ring (bicyclic) bond motifs is 9. The van der Waals surface area contributed by atoms with Gasteiger partial charge in [0.25, 0.3) is 0 Å². The van der Waals surface area contributed by atoms with Crippen LogP contribution in [0.25, 0.3) is 131 Å². The topological polar surface area (TPSA) is 16.4 Å². The molecule has 0 aliphatic carbocycles. The van der Waals surface area contributed by atoms with E-state index in [9.17, 15) is 0 Å². The van der Waals surface area contributed by atoms with Crippen molar-refractivity contribution in [2.45, 2.75) is 0 Å². The molecule has 2 nitrogen and oxygen atoms in total. The van der Waals surface area contributed by atoms with Crippen molar-refractivity contribution in [2.75, 3.05) is 4.90 Å². The third-order valence-corrected chi connectivity index (χ3v) is 15.6. The molecule has 0 saturated carbocycles. The standard InChI is InChI=1S/C74H47NO/c1-2-15-51(16-3-1)70-47-62-21-10-11-22-66(62)72-67-23-12-24-71(73(67)76-74(70)72)75(64-37-33-50(34-38-64)57-28-29-60-43-61(31-30-59(60)42-57)58-27-25-48-13-4-6-17-53(48)41-58)65-39-35-52(36-40-65)68-45-55-19-8-9-20-56(55)46-69(68)63-32-26-49-14-5-7-18-54(49)44-63/h1-47H. The fourth-order valence-corrected chi connectivity index (χ4v) is 11.7. The number of benzene rings is 14. The van der Waals surface area contributed by atoms with Gasteiger partial charge in [-0.15, -0.1) is 0 Å². The van der Waals surface area contributed by atoms with Gasteiger partial charge in [0.05, 0.1) is 5.69 Å². The molecule has 0 aliphatic heterocycles. The zero-order valence-corrected chi connectivity index (χ0v) is 41.5. The normalized spacial score (nSPS) is 11.7. The summed E-state index contributed by atoms with van der Waals surface area (Å²) in [7, 11) is 0. The van der Waals surface area contributed by atoms with Crippen molar-refractivity contribution in [3.8, 4) is 55.6 Å². The Bertz CT molecular complexity index is 4740. The highest BCUT2D eigenvalue weighted by atomic mass is 16.3. The van der Waals surface area contributed by atoms with E-state index in [1.165, 1.54) is 87.2 Å². The number of para-hydroxylation sites is 1. The van der Waals surface area contributed by atoms with Gasteiger partial charge in [0.2, 0.25) is 0 Å². The average molecular weight is 966 g/mol. The van der Waals surface area contributed by atoms with E-state index < -0.39 is 0 Å². The summed E-state index contributed by atoms with van der Waals surface area (Å²) in [6.07, 6.45) is 0. The molecule has 0 radical (unpaired) electrons. The highest BCUT2D eigenvalue weighted by molar-refractivity contribution is 6.24. The molecule has 0 fully saturated rings. The van der Waals surface area contributed by atoms with E-state index in [0.29, 0.717) is 0 Å². The Morgan fingerprint density at radius 2 is 0.618 bits per heavy atom. The molecule has 0 atom stereocenters. The lowest BCUT2D eigenvalue weighted by Gasteiger charge is -2.26. The second kappa shape index (κ2) is 17.9. The van der Waals surface area contributed by atoms with Gasteiger partial charge in [-0.2, -0.15) is 0 Å². The first kappa shape index (κ1) is 43.6. The zero-order valence-electron chi connectivity index (χ0n) is 41.5. The monoisotopic (exact) mass is 965 g/mol. The predicted octanol–water partition coefficient (Wildman–Crippen LogP) is 21.2. The number of hydrogen-bond acceptors (Lipinski definition) is 2. The highest BCUT2D eigenvalue weighted by Gasteiger charge is 2.23. The zero-order chi connectivity index (χ0) is 50.1. The lowest BCUT2D eigenvalue weighted by Crippen LogP contribution is -2.10. The van der Waals surface area contributed by atoms with Crippen LogP contribution >= 0.6 is 0 Å². The van der Waals surface area contributed by atoms with Crippen molar-refractivity contribution >= 4 is 92.9 Å². The van der Waals surface area contributed by atoms with Gasteiger partial charge in [0, 0.05) is 27.7 Å². The van der Waals surface area contributed by atoms with E-state index in [0.717, 1.165) is 61.3 Å². The summed E-state index contributed by atoms with van der Waals surface area (Å²) in [5.74, 6) is 0. The van der Waals surface area contributed by atoms with E-state index in [4.69, 9.17) is 4.42 Å². The van der Waals surface area contributed by atoms with E-state index >= 15 is 0 Å². The Morgan fingerprint density at radius 1 is 0.224 bits per heavy atom. The first-order chi connectivity index (χ1) is 37.6. The second-order valence-corrected chi connectivity index (χ2v) is 20.0. The maximum atomic E-state index is 7.28. The van der Waals surface area contributed by atoms with Gasteiger partial charge in [0.15, 0.2) is 5.58 Å². The van der Waals surface area contributed by atoms with Gasteiger partial charge in [-0.05, 0) is 177 Å². The van der Waals surface area contributed by atoms with Crippen molar-refractivity contribution in [3.05, 3.63) is 285 Å². The van der Waals surface area contributed by atoms with Crippen LogP contribution in [0, 0.1) is 0 Å². The number of anilines is 3. The molecule has 0 saturated heterocycles. The summed E-state index contributed by atoms with van der Waals surface area (Å²) in [5, 5.41) is 14.4. The number of nitrogens with zero attached hydrogens (tertiary/aromatic N) is 1. The molecule has 1 aromatic heterocycles. The molecular formula is C74H47NO. The van der Waals surface area contributed by atoms with Crippen molar-refractivity contribution in [3.63, 3.8) is 0 Å². The molecule has 15 aromatic rings. The fraction of sp³-hybridized carbons (Fsp3) is 0. The van der Waals surface area contributed by atoms with Gasteiger partial charge in [0.1, 0.15) is 5.58 Å². The van der Waals surface area contributed by atoms with Crippen molar-refractivity contribution < 1.29 is 4.42 Å². The quantitative estimate of drug-likeness (QED) is 0.151. The Balaban J connectivity index is 0.866. The lowest BCUT2D eigenvalue weighted by atomic mass is 9.90. The molecule has 0 N–H and O–H groups in total. The molecule has 0 aliphatic rings. The summed E-state index contributed by atoms with van der Waals surface area (Å²) in [5.41, 5.74) is 16.5. The molecule has 354 valence electrons. The summed E-state index contributed by atoms with van der Waals surface area (Å²) >= 11 is 0. The Morgan fingerprint density at radius 3 is 1.22 bits per heavy atom. The van der Waals surface area contributed by atoms with Crippen LogP contribution in [0.3, 0.4) is 0 Å². The van der Waals surface area contributed by atoms with Crippen LogP contribution < -0.4 is 4.90 Å². The first-order valence-corrected chi connectivity index (χ1v) is 26.1. The Kier molecular flexibility index (Phi) is 10.2. The van der Waals surface area contributed by atoms with Crippen molar-refractivity contribution in [1.82, 2.24) is 0 Å². The van der Waals surface area contributed by atoms with Gasteiger partial charge in [-0.25, -0.2) is 0 Å². The molecule has 0 amide bonds. The number of furan rings is 1. The minimum atomic E-state index is 0.838. The van der Waals surface area contributed by atoms with E-state index in [1.807, 2.05) is 0 Å². The maximum Gasteiger partial charge on any atom is 0.159 e. The van der Waals surface area contributed by atoms with Crippen LogP contribution in [0.4, 0.5) is 17.1 Å². The fourth-order valence-electron chi connectivity index (χ4n) is 11.7. The molecule has 76 heavy (non-hydrogen) atoms. The highest BCUT2D eigenvalue weighted by Crippen LogP contribution is 2.47. The SMILES string of the molecule is c1ccc(-c2cc3ccccc3c3c2oc2c(N(c4ccc(-c5ccc6cc(-c7ccc8ccccc8c7)ccc6c5)cc4)c4ccc(-c5cc6ccccc6cc5-c5ccc6ccccc6c5)cc4)cccc23)cc1. The minimum Gasteiger partial charge on any atom is -0.453 e. The largest absolute Gasteiger partial charge is 0.453 e. The van der Waals surface area contributed by atoms with Gasteiger partial charge in [-0.3, -0.25) is 0 Å².